The van der Waals surface area contributed by atoms with E-state index >= 15 is 0 Å². The average molecular weight is 405 g/mol. The molecule has 2 heterocycles. The number of rotatable bonds is 5. The number of fused-ring (bicyclic) bond motifs is 1. The molecule has 2 aromatic rings. The largest absolute Gasteiger partial charge is 0.417 e. The van der Waals surface area contributed by atoms with Gasteiger partial charge in [-0.3, -0.25) is 14.8 Å². The first-order chi connectivity index (χ1) is 13.0. The molecule has 1 fully saturated rings. The van der Waals surface area contributed by atoms with Gasteiger partial charge in [0.05, 0.1) is 16.6 Å². The molecule has 28 heavy (non-hydrogen) atoms. The number of piperidine rings is 1. The molecule has 0 spiro atoms. The van der Waals surface area contributed by atoms with Crippen molar-refractivity contribution in [3.63, 3.8) is 0 Å². The lowest BCUT2D eigenvalue weighted by atomic mass is 9.97. The molecule has 1 aliphatic rings. The van der Waals surface area contributed by atoms with Crippen LogP contribution in [-0.2, 0) is 11.5 Å². The van der Waals surface area contributed by atoms with E-state index in [-0.39, 0.29) is 15.6 Å². The normalized spacial score (nSPS) is 16.7. The van der Waals surface area contributed by atoms with Crippen LogP contribution in [0.2, 0.25) is 18.1 Å². The molecule has 1 saturated heterocycles. The second-order valence-electron chi connectivity index (χ2n) is 9.43. The van der Waals surface area contributed by atoms with Crippen molar-refractivity contribution in [3.05, 3.63) is 28.4 Å². The van der Waals surface area contributed by atoms with Crippen LogP contribution in [0.1, 0.15) is 33.6 Å². The fourth-order valence-corrected chi connectivity index (χ4v) is 4.54. The molecule has 0 N–H and O–H groups in total. The Kier molecular flexibility index (Phi) is 5.55. The maximum absolute atomic E-state index is 11.6. The summed E-state index contributed by atoms with van der Waals surface area (Å²) >= 11 is 0. The topological polar surface area (TPSA) is 73.4 Å². The lowest BCUT2D eigenvalue weighted by Crippen LogP contribution is -2.43. The Morgan fingerprint density at radius 3 is 2.50 bits per heavy atom. The minimum atomic E-state index is -1.74. The Labute approximate surface area is 167 Å². The smallest absolute Gasteiger partial charge is 0.293 e. The molecule has 154 valence electrons. The van der Waals surface area contributed by atoms with Gasteiger partial charge in [0.15, 0.2) is 8.32 Å². The second kappa shape index (κ2) is 7.48. The van der Waals surface area contributed by atoms with Crippen LogP contribution < -0.4 is 4.90 Å². The van der Waals surface area contributed by atoms with E-state index in [1.807, 2.05) is 13.1 Å². The summed E-state index contributed by atoms with van der Waals surface area (Å²) in [6.07, 6.45) is 3.67. The molecule has 1 aromatic heterocycles. The van der Waals surface area contributed by atoms with Crippen molar-refractivity contribution in [3.8, 4) is 0 Å². The Morgan fingerprint density at radius 2 is 1.93 bits per heavy atom. The standard InChI is InChI=1S/C20H32N4O3Si/c1-20(2,3)28(5,6)27-14-15-7-9-23(10-8-15)18-12-17-16(13-21-22(17)4)11-19(18)24(25)26/h11-13,15H,7-10,14H2,1-6H3. The number of nitro groups is 1. The highest BCUT2D eigenvalue weighted by molar-refractivity contribution is 6.74. The van der Waals surface area contributed by atoms with Crippen molar-refractivity contribution in [1.82, 2.24) is 9.78 Å². The number of hydrogen-bond donors (Lipinski definition) is 0. The number of benzene rings is 1. The van der Waals surface area contributed by atoms with Crippen LogP contribution in [0.25, 0.3) is 10.9 Å². The summed E-state index contributed by atoms with van der Waals surface area (Å²) in [6, 6.07) is 3.55. The van der Waals surface area contributed by atoms with E-state index in [1.165, 1.54) is 0 Å². The van der Waals surface area contributed by atoms with Gasteiger partial charge in [-0.15, -0.1) is 0 Å². The number of aryl methyl sites for hydroxylation is 1. The number of nitrogens with zero attached hydrogens (tertiary/aromatic N) is 4. The number of hydrogen-bond acceptors (Lipinski definition) is 5. The molecule has 7 nitrogen and oxygen atoms in total. The quantitative estimate of drug-likeness (QED) is 0.409. The van der Waals surface area contributed by atoms with Gasteiger partial charge in [0.1, 0.15) is 5.69 Å². The fraction of sp³-hybridized carbons (Fsp3) is 0.650. The highest BCUT2D eigenvalue weighted by atomic mass is 28.4. The molecule has 8 heteroatoms. The van der Waals surface area contributed by atoms with E-state index in [0.29, 0.717) is 11.6 Å². The van der Waals surface area contributed by atoms with Crippen molar-refractivity contribution in [2.45, 2.75) is 51.7 Å². The van der Waals surface area contributed by atoms with Gasteiger partial charge in [0, 0.05) is 38.2 Å². The van der Waals surface area contributed by atoms with Gasteiger partial charge in [-0.25, -0.2) is 0 Å². The zero-order valence-corrected chi connectivity index (χ0v) is 18.9. The van der Waals surface area contributed by atoms with Crippen molar-refractivity contribution in [2.24, 2.45) is 13.0 Å². The first-order valence-corrected chi connectivity index (χ1v) is 12.9. The molecular weight excluding hydrogens is 372 g/mol. The Bertz CT molecular complexity index is 864. The van der Waals surface area contributed by atoms with Crippen LogP contribution in [0.4, 0.5) is 11.4 Å². The van der Waals surface area contributed by atoms with Crippen LogP contribution in [0.5, 0.6) is 0 Å². The van der Waals surface area contributed by atoms with Gasteiger partial charge in [0.25, 0.3) is 5.69 Å². The molecule has 1 aromatic carbocycles. The summed E-state index contributed by atoms with van der Waals surface area (Å²) in [4.78, 5) is 13.5. The average Bonchev–Trinajstić information content (AvgIpc) is 2.99. The minimum absolute atomic E-state index is 0.163. The highest BCUT2D eigenvalue weighted by Gasteiger charge is 2.38. The predicted octanol–water partition coefficient (Wildman–Crippen LogP) is 4.72. The van der Waals surface area contributed by atoms with Crippen LogP contribution in [0.15, 0.2) is 18.3 Å². The first-order valence-electron chi connectivity index (χ1n) is 9.98. The van der Waals surface area contributed by atoms with E-state index in [2.05, 4.69) is 43.9 Å². The first kappa shape index (κ1) is 20.8. The van der Waals surface area contributed by atoms with Gasteiger partial charge >= 0.3 is 0 Å². The summed E-state index contributed by atoms with van der Waals surface area (Å²) in [5.74, 6) is 0.518. The van der Waals surface area contributed by atoms with Crippen molar-refractivity contribution in [2.75, 3.05) is 24.6 Å². The highest BCUT2D eigenvalue weighted by Crippen LogP contribution is 2.38. The molecule has 0 saturated carbocycles. The van der Waals surface area contributed by atoms with Gasteiger partial charge < -0.3 is 9.33 Å². The number of anilines is 1. The van der Waals surface area contributed by atoms with Crippen molar-refractivity contribution >= 4 is 30.6 Å². The van der Waals surface area contributed by atoms with E-state index in [1.54, 1.807) is 16.9 Å². The third-order valence-corrected chi connectivity index (χ3v) is 11.0. The van der Waals surface area contributed by atoms with E-state index < -0.39 is 8.32 Å². The SMILES string of the molecule is Cn1ncc2cc([N+](=O)[O-])c(N3CCC(CO[Si](C)(C)C(C)(C)C)CC3)cc21. The number of aromatic nitrogens is 2. The summed E-state index contributed by atoms with van der Waals surface area (Å²) in [6.45, 7) is 13.8. The maximum atomic E-state index is 11.6. The molecule has 0 atom stereocenters. The van der Waals surface area contributed by atoms with E-state index in [0.717, 1.165) is 43.4 Å². The van der Waals surface area contributed by atoms with E-state index in [9.17, 15) is 10.1 Å². The van der Waals surface area contributed by atoms with Gasteiger partial charge in [-0.1, -0.05) is 20.8 Å². The number of nitro benzene ring substituents is 1. The molecular formula is C20H32N4O3Si. The predicted molar refractivity (Wildman–Crippen MR) is 115 cm³/mol. The Morgan fingerprint density at radius 1 is 1.29 bits per heavy atom. The fourth-order valence-electron chi connectivity index (χ4n) is 3.46. The van der Waals surface area contributed by atoms with Crippen LogP contribution >= 0.6 is 0 Å². The lowest BCUT2D eigenvalue weighted by molar-refractivity contribution is -0.384. The molecule has 0 radical (unpaired) electrons. The Hall–Kier alpha value is -1.93. The summed E-state index contributed by atoms with van der Waals surface area (Å²) in [5.41, 5.74) is 1.78. The zero-order valence-electron chi connectivity index (χ0n) is 17.9. The molecule has 3 rings (SSSR count). The van der Waals surface area contributed by atoms with Crippen LogP contribution in [-0.4, -0.2) is 42.7 Å². The maximum Gasteiger partial charge on any atom is 0.293 e. The van der Waals surface area contributed by atoms with Gasteiger partial charge in [-0.2, -0.15) is 5.10 Å². The molecule has 0 aliphatic carbocycles. The van der Waals surface area contributed by atoms with Crippen molar-refractivity contribution in [1.29, 1.82) is 0 Å². The molecule has 0 amide bonds. The summed E-state index contributed by atoms with van der Waals surface area (Å²) in [7, 11) is 0.128. The third-order valence-electron chi connectivity index (χ3n) is 6.48. The molecule has 0 unspecified atom stereocenters. The Balaban J connectivity index is 1.70. The third kappa shape index (κ3) is 4.07. The van der Waals surface area contributed by atoms with Crippen molar-refractivity contribution < 1.29 is 9.35 Å². The molecule has 0 bridgehead atoms. The van der Waals surface area contributed by atoms with Gasteiger partial charge in [-0.05, 0) is 43.0 Å². The molecule has 1 aliphatic heterocycles. The van der Waals surface area contributed by atoms with Crippen LogP contribution in [0, 0.1) is 16.0 Å². The summed E-state index contributed by atoms with van der Waals surface area (Å²) < 4.78 is 8.17. The monoisotopic (exact) mass is 404 g/mol. The van der Waals surface area contributed by atoms with E-state index in [4.69, 9.17) is 4.43 Å². The second-order valence-corrected chi connectivity index (χ2v) is 14.2. The zero-order chi connectivity index (χ0) is 20.7. The minimum Gasteiger partial charge on any atom is -0.417 e. The lowest BCUT2D eigenvalue weighted by Gasteiger charge is -2.39. The summed E-state index contributed by atoms with van der Waals surface area (Å²) in [5, 5.41) is 16.9. The van der Waals surface area contributed by atoms with Crippen LogP contribution in [0.3, 0.4) is 0 Å². The van der Waals surface area contributed by atoms with Gasteiger partial charge in [0.2, 0.25) is 0 Å².